The summed E-state index contributed by atoms with van der Waals surface area (Å²) in [5, 5.41) is 31.3. The molecule has 6 nitrogen and oxygen atoms in total. The second-order valence-electron chi connectivity index (χ2n) is 3.81. The van der Waals surface area contributed by atoms with Gasteiger partial charge in [-0.15, -0.1) is 0 Å². The van der Waals surface area contributed by atoms with Gasteiger partial charge >= 0.3 is 0 Å². The van der Waals surface area contributed by atoms with Crippen molar-refractivity contribution in [3.05, 3.63) is 22.8 Å². The molecule has 2 heterocycles. The van der Waals surface area contributed by atoms with Gasteiger partial charge in [-0.25, -0.2) is 4.98 Å². The Labute approximate surface area is 106 Å². The maximum absolute atomic E-state index is 9.69. The molecule has 1 saturated heterocycles. The average Bonchev–Trinajstić information content (AvgIpc) is 2.33. The van der Waals surface area contributed by atoms with Crippen LogP contribution in [0.1, 0.15) is 0 Å². The third-order valence-corrected chi connectivity index (χ3v) is 2.99. The quantitative estimate of drug-likeness (QED) is 0.599. The van der Waals surface area contributed by atoms with Crippen molar-refractivity contribution in [2.45, 2.75) is 24.5 Å². The maximum atomic E-state index is 9.69. The third kappa shape index (κ3) is 2.93. The Morgan fingerprint density at radius 1 is 1.29 bits per heavy atom. The number of rotatable bonds is 2. The van der Waals surface area contributed by atoms with Gasteiger partial charge in [0.1, 0.15) is 24.1 Å². The number of nitrogens with zero attached hydrogens (tertiary/aromatic N) is 1. The van der Waals surface area contributed by atoms with Crippen molar-refractivity contribution in [3.63, 3.8) is 0 Å². The molecule has 4 atom stereocenters. The van der Waals surface area contributed by atoms with Gasteiger partial charge in [0.25, 0.3) is 0 Å². The summed E-state index contributed by atoms with van der Waals surface area (Å²) in [7, 11) is 0. The fourth-order valence-corrected chi connectivity index (χ4v) is 1.77. The van der Waals surface area contributed by atoms with Crippen molar-refractivity contribution in [1.82, 2.24) is 4.98 Å². The van der Waals surface area contributed by atoms with E-state index in [0.717, 1.165) is 4.47 Å². The Hall–Kier alpha value is -0.730. The summed E-state index contributed by atoms with van der Waals surface area (Å²) in [5.74, 6) is 0.515. The summed E-state index contributed by atoms with van der Waals surface area (Å²) >= 11 is 3.26. The van der Waals surface area contributed by atoms with Crippen molar-refractivity contribution in [1.29, 1.82) is 0 Å². The van der Waals surface area contributed by atoms with Crippen molar-refractivity contribution < 1.29 is 20.1 Å². The Balaban J connectivity index is 2.01. The fraction of sp³-hybridized carbons (Fsp3) is 0.500. The molecule has 4 N–H and O–H groups in total. The monoisotopic (exact) mass is 304 g/mol. The number of halogens is 1. The highest BCUT2D eigenvalue weighted by molar-refractivity contribution is 9.10. The molecule has 1 aliphatic heterocycles. The van der Waals surface area contributed by atoms with E-state index in [1.807, 2.05) is 0 Å². The van der Waals surface area contributed by atoms with E-state index in [2.05, 4.69) is 26.2 Å². The number of anilines is 1. The lowest BCUT2D eigenvalue weighted by atomic mass is 10.0. The summed E-state index contributed by atoms with van der Waals surface area (Å²) in [6.45, 7) is -0.0353. The van der Waals surface area contributed by atoms with E-state index in [4.69, 9.17) is 4.74 Å². The molecule has 17 heavy (non-hydrogen) atoms. The van der Waals surface area contributed by atoms with Gasteiger partial charge in [0.15, 0.2) is 6.23 Å². The van der Waals surface area contributed by atoms with Crippen molar-refractivity contribution >= 4 is 21.7 Å². The predicted molar refractivity (Wildman–Crippen MR) is 63.3 cm³/mol. The number of ether oxygens (including phenoxy) is 1. The fourth-order valence-electron chi connectivity index (χ4n) is 1.54. The van der Waals surface area contributed by atoms with E-state index in [0.29, 0.717) is 5.82 Å². The standard InChI is InChI=1S/C10H13BrN2O4/c11-5-1-2-7(12-3-5)13-10-9(16)8(15)6(14)4-17-10/h1-3,6,8-10,14-16H,4H2,(H,12,13)/t6-,8+,9-,10+/m1/s1. The summed E-state index contributed by atoms with van der Waals surface area (Å²) in [6.07, 6.45) is -2.69. The number of hydrogen-bond donors (Lipinski definition) is 4. The largest absolute Gasteiger partial charge is 0.388 e. The Morgan fingerprint density at radius 2 is 2.06 bits per heavy atom. The number of pyridine rings is 1. The molecular formula is C10H13BrN2O4. The van der Waals surface area contributed by atoms with E-state index in [1.54, 1.807) is 18.3 Å². The van der Waals surface area contributed by atoms with Gasteiger partial charge in [-0.2, -0.15) is 0 Å². The summed E-state index contributed by atoms with van der Waals surface area (Å²) in [5.41, 5.74) is 0. The third-order valence-electron chi connectivity index (χ3n) is 2.52. The molecular weight excluding hydrogens is 292 g/mol. The molecule has 0 amide bonds. The van der Waals surface area contributed by atoms with Gasteiger partial charge in [-0.1, -0.05) is 0 Å². The van der Waals surface area contributed by atoms with Gasteiger partial charge in [0.2, 0.25) is 0 Å². The van der Waals surface area contributed by atoms with Crippen molar-refractivity contribution in [2.24, 2.45) is 0 Å². The molecule has 7 heteroatoms. The summed E-state index contributed by atoms with van der Waals surface area (Å²) in [6, 6.07) is 3.49. The van der Waals surface area contributed by atoms with Gasteiger partial charge in [-0.3, -0.25) is 0 Å². The highest BCUT2D eigenvalue weighted by atomic mass is 79.9. The first-order valence-corrected chi connectivity index (χ1v) is 5.91. The zero-order chi connectivity index (χ0) is 12.4. The molecule has 0 unspecified atom stereocenters. The second kappa shape index (κ2) is 5.28. The van der Waals surface area contributed by atoms with E-state index >= 15 is 0 Å². The molecule has 1 fully saturated rings. The number of aliphatic hydroxyl groups is 3. The van der Waals surface area contributed by atoms with E-state index in [-0.39, 0.29) is 6.61 Å². The maximum Gasteiger partial charge on any atom is 0.157 e. The molecule has 94 valence electrons. The van der Waals surface area contributed by atoms with Crippen LogP contribution in [0, 0.1) is 0 Å². The lowest BCUT2D eigenvalue weighted by Gasteiger charge is -2.35. The molecule has 2 rings (SSSR count). The van der Waals surface area contributed by atoms with Crippen LogP contribution < -0.4 is 5.32 Å². The van der Waals surface area contributed by atoms with Gasteiger partial charge in [-0.05, 0) is 28.1 Å². The highest BCUT2D eigenvalue weighted by Gasteiger charge is 2.37. The van der Waals surface area contributed by atoms with Crippen LogP contribution >= 0.6 is 15.9 Å². The molecule has 1 aromatic rings. The molecule has 0 radical (unpaired) electrons. The van der Waals surface area contributed by atoms with Gasteiger partial charge in [0.05, 0.1) is 6.61 Å². The Bertz CT molecular complexity index is 375. The number of aromatic nitrogens is 1. The summed E-state index contributed by atoms with van der Waals surface area (Å²) in [4.78, 5) is 4.06. The molecule has 1 aliphatic rings. The molecule has 0 aliphatic carbocycles. The molecule has 0 bridgehead atoms. The van der Waals surface area contributed by atoms with E-state index < -0.39 is 24.5 Å². The normalized spacial score (nSPS) is 33.4. The lowest BCUT2D eigenvalue weighted by molar-refractivity contribution is -0.178. The van der Waals surface area contributed by atoms with Crippen LogP contribution in [0.25, 0.3) is 0 Å². The number of aliphatic hydroxyl groups excluding tert-OH is 3. The van der Waals surface area contributed by atoms with Gasteiger partial charge < -0.3 is 25.4 Å². The van der Waals surface area contributed by atoms with Crippen LogP contribution in [0.15, 0.2) is 22.8 Å². The molecule has 0 saturated carbocycles. The van der Waals surface area contributed by atoms with E-state index in [1.165, 1.54) is 0 Å². The molecule has 0 spiro atoms. The van der Waals surface area contributed by atoms with Gasteiger partial charge in [0, 0.05) is 10.7 Å². The minimum atomic E-state index is -1.23. The first-order valence-electron chi connectivity index (χ1n) is 5.12. The van der Waals surface area contributed by atoms with Crippen LogP contribution in [-0.2, 0) is 4.74 Å². The first-order chi connectivity index (χ1) is 8.08. The van der Waals surface area contributed by atoms with Crippen molar-refractivity contribution in [2.75, 3.05) is 11.9 Å². The molecule has 1 aromatic heterocycles. The topological polar surface area (TPSA) is 94.8 Å². The Kier molecular flexibility index (Phi) is 3.95. The minimum absolute atomic E-state index is 0.0353. The second-order valence-corrected chi connectivity index (χ2v) is 4.72. The number of hydrogen-bond acceptors (Lipinski definition) is 6. The smallest absolute Gasteiger partial charge is 0.157 e. The van der Waals surface area contributed by atoms with Crippen LogP contribution in [0.5, 0.6) is 0 Å². The zero-order valence-corrected chi connectivity index (χ0v) is 10.4. The SMILES string of the molecule is O[C@@H]1[C@@H](O)[C@@H](Nc2ccc(Br)cn2)OC[C@H]1O. The first kappa shape index (κ1) is 12.7. The number of nitrogens with one attached hydrogen (secondary N) is 1. The summed E-state index contributed by atoms with van der Waals surface area (Å²) < 4.78 is 6.02. The predicted octanol–water partition coefficient (Wildman–Crippen LogP) is -0.305. The zero-order valence-electron chi connectivity index (χ0n) is 8.82. The van der Waals surface area contributed by atoms with Crippen LogP contribution in [0.2, 0.25) is 0 Å². The van der Waals surface area contributed by atoms with Crippen LogP contribution in [0.4, 0.5) is 5.82 Å². The molecule has 0 aromatic carbocycles. The minimum Gasteiger partial charge on any atom is -0.388 e. The van der Waals surface area contributed by atoms with Crippen LogP contribution in [0.3, 0.4) is 0 Å². The van der Waals surface area contributed by atoms with Crippen molar-refractivity contribution in [3.8, 4) is 0 Å². The average molecular weight is 305 g/mol. The van der Waals surface area contributed by atoms with Crippen LogP contribution in [-0.4, -0.2) is 51.5 Å². The Morgan fingerprint density at radius 3 is 2.71 bits per heavy atom. The van der Waals surface area contributed by atoms with E-state index in [9.17, 15) is 15.3 Å². The lowest BCUT2D eigenvalue weighted by Crippen LogP contribution is -2.55. The highest BCUT2D eigenvalue weighted by Crippen LogP contribution is 2.18.